The van der Waals surface area contributed by atoms with E-state index in [1.807, 2.05) is 12.3 Å². The smallest absolute Gasteiger partial charge is 0.326 e. The van der Waals surface area contributed by atoms with Crippen LogP contribution in [0.3, 0.4) is 0 Å². The van der Waals surface area contributed by atoms with Gasteiger partial charge in [0.05, 0.1) is 12.1 Å². The van der Waals surface area contributed by atoms with Crippen molar-refractivity contribution in [3.8, 4) is 0 Å². The van der Waals surface area contributed by atoms with Gasteiger partial charge >= 0.3 is 11.9 Å². The van der Waals surface area contributed by atoms with E-state index in [4.69, 9.17) is 10.8 Å². The van der Waals surface area contributed by atoms with Crippen molar-refractivity contribution < 1.29 is 44.1 Å². The van der Waals surface area contributed by atoms with Gasteiger partial charge in [-0.25, -0.2) is 4.79 Å². The number of carboxylic acid groups (broad SMARTS) is 2. The lowest BCUT2D eigenvalue weighted by atomic mass is 9.83. The van der Waals surface area contributed by atoms with E-state index in [-0.39, 0.29) is 43.9 Å². The van der Waals surface area contributed by atoms with Crippen LogP contribution in [0.5, 0.6) is 0 Å². The first-order valence-corrected chi connectivity index (χ1v) is 17.8. The molecule has 0 bridgehead atoms. The highest BCUT2D eigenvalue weighted by Gasteiger charge is 2.36. The highest BCUT2D eigenvalue weighted by Crippen LogP contribution is 2.28. The van der Waals surface area contributed by atoms with Gasteiger partial charge in [-0.15, -0.1) is 11.3 Å². The minimum Gasteiger partial charge on any atom is -0.481 e. The van der Waals surface area contributed by atoms with Crippen molar-refractivity contribution in [2.24, 2.45) is 17.6 Å². The van der Waals surface area contributed by atoms with Crippen LogP contribution in [0.15, 0.2) is 17.5 Å². The molecule has 1 aromatic rings. The summed E-state index contributed by atoms with van der Waals surface area (Å²) in [5.74, 6) is -5.49. The zero-order valence-electron chi connectivity index (χ0n) is 28.1. The molecule has 0 spiro atoms. The Morgan fingerprint density at radius 3 is 2.12 bits per heavy atom. The van der Waals surface area contributed by atoms with Gasteiger partial charge in [0, 0.05) is 17.7 Å². The largest absolute Gasteiger partial charge is 0.481 e. The van der Waals surface area contributed by atoms with Crippen LogP contribution in [0, 0.1) is 11.8 Å². The summed E-state index contributed by atoms with van der Waals surface area (Å²) >= 11 is 1.38. The Hall–Kier alpha value is -3.56. The number of aliphatic hydroxyl groups excluding tert-OH is 1. The first-order valence-electron chi connectivity index (χ1n) is 16.9. The molecule has 0 unspecified atom stereocenters. The van der Waals surface area contributed by atoms with E-state index in [0.29, 0.717) is 12.8 Å². The lowest BCUT2D eigenvalue weighted by molar-refractivity contribution is -0.144. The van der Waals surface area contributed by atoms with Gasteiger partial charge in [0.1, 0.15) is 18.1 Å². The number of nitrogens with one attached hydrogen (secondary N) is 4. The number of hydrogen-bond acceptors (Lipinski definition) is 9. The third-order valence-corrected chi connectivity index (χ3v) is 9.80. The quantitative estimate of drug-likeness (QED) is 0.0926. The molecule has 48 heavy (non-hydrogen) atoms. The Labute approximate surface area is 286 Å². The van der Waals surface area contributed by atoms with Gasteiger partial charge in [0.15, 0.2) is 6.10 Å². The van der Waals surface area contributed by atoms with Crippen LogP contribution < -0.4 is 27.0 Å². The van der Waals surface area contributed by atoms with Gasteiger partial charge < -0.3 is 42.3 Å². The molecule has 0 aromatic carbocycles. The number of nitrogens with two attached hydrogens (primary N) is 1. The summed E-state index contributed by atoms with van der Waals surface area (Å²) in [5.41, 5.74) is 5.88. The van der Waals surface area contributed by atoms with Crippen LogP contribution in [0.4, 0.5) is 0 Å². The molecule has 4 amide bonds. The predicted molar refractivity (Wildman–Crippen MR) is 180 cm³/mol. The predicted octanol–water partition coefficient (Wildman–Crippen LogP) is 1.68. The molecule has 1 saturated carbocycles. The zero-order valence-corrected chi connectivity index (χ0v) is 28.9. The number of aliphatic carboxylic acids is 2. The van der Waals surface area contributed by atoms with E-state index in [9.17, 15) is 39.0 Å². The van der Waals surface area contributed by atoms with Gasteiger partial charge in [-0.3, -0.25) is 24.0 Å². The van der Waals surface area contributed by atoms with E-state index in [0.717, 1.165) is 37.0 Å². The number of carbonyl (C=O) groups excluding carboxylic acids is 4. The number of thiophene rings is 1. The van der Waals surface area contributed by atoms with Crippen molar-refractivity contribution in [3.63, 3.8) is 0 Å². The molecule has 1 aliphatic rings. The van der Waals surface area contributed by atoms with Crippen LogP contribution in [0.25, 0.3) is 0 Å². The van der Waals surface area contributed by atoms with Crippen molar-refractivity contribution in [1.82, 2.24) is 21.3 Å². The molecule has 270 valence electrons. The van der Waals surface area contributed by atoms with Gasteiger partial charge in [-0.1, -0.05) is 71.8 Å². The molecule has 1 heterocycles. The van der Waals surface area contributed by atoms with Gasteiger partial charge in [0.2, 0.25) is 17.7 Å². The maximum Gasteiger partial charge on any atom is 0.326 e. The van der Waals surface area contributed by atoms with E-state index in [1.54, 1.807) is 26.0 Å². The SMILES string of the molecule is CCC[C@H](NC(=O)[C@H](O)[C@H](CC1CCCCC1)NC(=O)[C@H](Cc1cccs1)NC(=O)[C@@H](NC(=O)[C@@H](N)CCC(=O)O)[C@@H](C)CC)C(=O)O. The van der Waals surface area contributed by atoms with Crippen LogP contribution in [0.1, 0.15) is 96.3 Å². The second kappa shape index (κ2) is 20.7. The summed E-state index contributed by atoms with van der Waals surface area (Å²) in [6, 6.07) is -2.05. The number of rotatable bonds is 21. The standard InChI is InChI=1S/C33H53N5O9S/c1-4-10-23(33(46)47)35-32(45)28(41)24(17-20-11-7-6-8-12-20)36-30(43)25(18-21-13-9-16-48-21)37-31(44)27(19(3)5-2)38-29(42)22(34)14-15-26(39)40/h9,13,16,19-20,22-25,27-28,41H,4-8,10-12,14-15,17-18,34H2,1-3H3,(H,35,45)(H,36,43)(H,37,44)(H,38,42)(H,39,40)(H,46,47)/t19-,22-,23-,24-,25-,27-,28+/m0/s1. The maximum absolute atomic E-state index is 13.9. The van der Waals surface area contributed by atoms with Crippen molar-refractivity contribution in [1.29, 1.82) is 0 Å². The summed E-state index contributed by atoms with van der Waals surface area (Å²) in [6.07, 6.45) is 4.07. The number of carbonyl (C=O) groups is 6. The highest BCUT2D eigenvalue weighted by molar-refractivity contribution is 7.09. The van der Waals surface area contributed by atoms with E-state index in [2.05, 4.69) is 21.3 Å². The third kappa shape index (κ3) is 13.5. The summed E-state index contributed by atoms with van der Waals surface area (Å²) in [4.78, 5) is 77.0. The molecule has 14 nitrogen and oxygen atoms in total. The fourth-order valence-electron chi connectivity index (χ4n) is 5.79. The van der Waals surface area contributed by atoms with Crippen molar-refractivity contribution >= 4 is 46.9 Å². The molecule has 1 fully saturated rings. The summed E-state index contributed by atoms with van der Waals surface area (Å²) < 4.78 is 0. The number of amides is 4. The first kappa shape index (κ1) is 40.6. The Morgan fingerprint density at radius 2 is 1.56 bits per heavy atom. The fourth-order valence-corrected chi connectivity index (χ4v) is 6.54. The second-order valence-corrected chi connectivity index (χ2v) is 13.8. The van der Waals surface area contributed by atoms with Crippen LogP contribution in [-0.4, -0.2) is 87.2 Å². The average Bonchev–Trinajstić information content (AvgIpc) is 3.57. The topological polar surface area (TPSA) is 237 Å². The summed E-state index contributed by atoms with van der Waals surface area (Å²) in [6.45, 7) is 5.35. The lowest BCUT2D eigenvalue weighted by Gasteiger charge is -2.32. The molecule has 1 aromatic heterocycles. The number of aliphatic hydroxyl groups is 1. The number of hydrogen-bond donors (Lipinski definition) is 8. The monoisotopic (exact) mass is 695 g/mol. The van der Waals surface area contributed by atoms with Crippen LogP contribution in [-0.2, 0) is 35.2 Å². The molecule has 15 heteroatoms. The van der Waals surface area contributed by atoms with Gasteiger partial charge in [0.25, 0.3) is 5.91 Å². The molecule has 0 radical (unpaired) electrons. The van der Waals surface area contributed by atoms with Gasteiger partial charge in [-0.2, -0.15) is 0 Å². The zero-order chi connectivity index (χ0) is 35.8. The average molecular weight is 696 g/mol. The number of carboxylic acids is 2. The molecule has 9 N–H and O–H groups in total. The van der Waals surface area contributed by atoms with Crippen molar-refractivity contribution in [2.75, 3.05) is 0 Å². The Kier molecular flexibility index (Phi) is 17.5. The summed E-state index contributed by atoms with van der Waals surface area (Å²) in [7, 11) is 0. The Morgan fingerprint density at radius 1 is 0.896 bits per heavy atom. The minimum atomic E-state index is -1.74. The molecular weight excluding hydrogens is 642 g/mol. The maximum atomic E-state index is 13.9. The molecule has 0 saturated heterocycles. The fraction of sp³-hybridized carbons (Fsp3) is 0.697. The Bertz CT molecular complexity index is 1210. The van der Waals surface area contributed by atoms with E-state index in [1.165, 1.54) is 11.3 Å². The summed E-state index contributed by atoms with van der Waals surface area (Å²) in [5, 5.41) is 42.1. The van der Waals surface area contributed by atoms with Gasteiger partial charge in [-0.05, 0) is 42.5 Å². The van der Waals surface area contributed by atoms with Crippen molar-refractivity contribution in [2.45, 2.75) is 134 Å². The van der Waals surface area contributed by atoms with E-state index >= 15 is 0 Å². The lowest BCUT2D eigenvalue weighted by Crippen LogP contribution is -2.60. The Balaban J connectivity index is 2.31. The van der Waals surface area contributed by atoms with Crippen LogP contribution >= 0.6 is 11.3 Å². The molecule has 7 atom stereocenters. The second-order valence-electron chi connectivity index (χ2n) is 12.7. The molecule has 2 rings (SSSR count). The van der Waals surface area contributed by atoms with Crippen LogP contribution in [0.2, 0.25) is 0 Å². The molecule has 1 aliphatic carbocycles. The third-order valence-electron chi connectivity index (χ3n) is 8.90. The molecule has 0 aliphatic heterocycles. The molecular formula is C33H53N5O9S. The normalized spacial score (nSPS) is 17.9. The van der Waals surface area contributed by atoms with Crippen molar-refractivity contribution in [3.05, 3.63) is 22.4 Å². The first-order chi connectivity index (χ1) is 22.8. The highest BCUT2D eigenvalue weighted by atomic mass is 32.1. The minimum absolute atomic E-state index is 0.0879. The van der Waals surface area contributed by atoms with E-state index < -0.39 is 71.9 Å².